The van der Waals surface area contributed by atoms with E-state index in [1.807, 2.05) is 6.92 Å². The molecule has 11 heteroatoms. The van der Waals surface area contributed by atoms with E-state index in [-0.39, 0.29) is 16.7 Å². The van der Waals surface area contributed by atoms with Crippen LogP contribution >= 0.6 is 0 Å². The van der Waals surface area contributed by atoms with E-state index in [9.17, 15) is 28.5 Å². The zero-order chi connectivity index (χ0) is 27.7. The number of hydrogen-bond donors (Lipinski definition) is 3. The molecule has 0 fully saturated rings. The van der Waals surface area contributed by atoms with Crippen molar-refractivity contribution in [2.75, 3.05) is 5.75 Å². The summed E-state index contributed by atoms with van der Waals surface area (Å²) in [4.78, 5) is 50.2. The third-order valence-electron chi connectivity index (χ3n) is 5.62. The van der Waals surface area contributed by atoms with Crippen molar-refractivity contribution >= 4 is 33.6 Å². The fraction of sp³-hybridized carbons (Fsp3) is 0.600. The number of carbonyl (C=O) groups excluding carboxylic acids is 3. The first-order valence-corrected chi connectivity index (χ1v) is 13.7. The molecule has 1 aromatic rings. The third-order valence-corrected chi connectivity index (χ3v) is 7.76. The molecule has 1 aromatic carbocycles. The lowest BCUT2D eigenvalue weighted by atomic mass is 9.99. The molecule has 0 saturated carbocycles. The van der Waals surface area contributed by atoms with Crippen LogP contribution in [0.4, 0.5) is 4.79 Å². The predicted molar refractivity (Wildman–Crippen MR) is 137 cm³/mol. The van der Waals surface area contributed by atoms with Gasteiger partial charge < -0.3 is 20.5 Å². The van der Waals surface area contributed by atoms with Gasteiger partial charge in [0.2, 0.25) is 5.91 Å². The largest absolute Gasteiger partial charge is 0.480 e. The van der Waals surface area contributed by atoms with Crippen molar-refractivity contribution in [2.45, 2.75) is 83.9 Å². The molecule has 0 saturated heterocycles. The molecule has 36 heavy (non-hydrogen) atoms. The highest BCUT2D eigenvalue weighted by Crippen LogP contribution is 2.18. The number of amides is 3. The number of nitrogens with zero attached hydrogens (tertiary/aromatic N) is 1. The Bertz CT molecular complexity index is 1040. The van der Waals surface area contributed by atoms with Gasteiger partial charge in [-0.3, -0.25) is 9.59 Å². The lowest BCUT2D eigenvalue weighted by Gasteiger charge is -2.25. The quantitative estimate of drug-likeness (QED) is 0.399. The summed E-state index contributed by atoms with van der Waals surface area (Å²) in [5.41, 5.74) is -0.795. The number of nitrogens with one attached hydrogen (secondary N) is 2. The Balaban J connectivity index is 3.40. The minimum atomic E-state index is -3.65. The molecule has 5 atom stereocenters. The van der Waals surface area contributed by atoms with Crippen molar-refractivity contribution in [1.82, 2.24) is 10.6 Å². The molecule has 0 aromatic heterocycles. The molecule has 3 N–H and O–H groups in total. The smallest absolute Gasteiger partial charge is 0.408 e. The number of alkyl carbamates (subject to hydrolysis) is 1. The van der Waals surface area contributed by atoms with Crippen LogP contribution in [0, 0.1) is 11.8 Å². The van der Waals surface area contributed by atoms with E-state index in [0.29, 0.717) is 12.8 Å². The van der Waals surface area contributed by atoms with Crippen LogP contribution in [-0.2, 0) is 28.8 Å². The zero-order valence-corrected chi connectivity index (χ0v) is 22.9. The minimum Gasteiger partial charge on any atom is -0.480 e. The molecule has 0 heterocycles. The van der Waals surface area contributed by atoms with Gasteiger partial charge in [-0.15, -0.1) is 0 Å². The van der Waals surface area contributed by atoms with Crippen LogP contribution in [0.1, 0.15) is 61.3 Å². The molecule has 0 radical (unpaired) electrons. The second-order valence-corrected chi connectivity index (χ2v) is 12.0. The van der Waals surface area contributed by atoms with E-state index in [4.69, 9.17) is 4.74 Å². The van der Waals surface area contributed by atoms with Gasteiger partial charge in [0.05, 0.1) is 9.73 Å². The van der Waals surface area contributed by atoms with E-state index in [1.54, 1.807) is 59.7 Å². The maximum absolute atomic E-state index is 14.0. The summed E-state index contributed by atoms with van der Waals surface area (Å²) >= 11 is 0. The van der Waals surface area contributed by atoms with Gasteiger partial charge in [-0.1, -0.05) is 58.7 Å². The van der Waals surface area contributed by atoms with Crippen LogP contribution in [0.3, 0.4) is 0 Å². The van der Waals surface area contributed by atoms with Gasteiger partial charge in [0.1, 0.15) is 23.4 Å². The number of rotatable bonds is 11. The van der Waals surface area contributed by atoms with E-state index < -0.39 is 57.0 Å². The van der Waals surface area contributed by atoms with Gasteiger partial charge in [0.25, 0.3) is 5.91 Å². The van der Waals surface area contributed by atoms with Gasteiger partial charge in [0.15, 0.2) is 0 Å². The number of ether oxygens (including phenoxy) is 1. The fourth-order valence-corrected chi connectivity index (χ4v) is 4.96. The first-order valence-electron chi connectivity index (χ1n) is 12.0. The van der Waals surface area contributed by atoms with Crippen LogP contribution < -0.4 is 10.6 Å². The lowest BCUT2D eigenvalue weighted by Crippen LogP contribution is -2.48. The second-order valence-electron chi connectivity index (χ2n) is 9.81. The number of carboxylic acids is 1. The molecule has 10 nitrogen and oxygen atoms in total. The van der Waals surface area contributed by atoms with Crippen LogP contribution in [-0.4, -0.2) is 56.6 Å². The molecule has 1 rings (SSSR count). The summed E-state index contributed by atoms with van der Waals surface area (Å²) in [5, 5.41) is 14.4. The van der Waals surface area contributed by atoms with Gasteiger partial charge >= 0.3 is 12.1 Å². The van der Waals surface area contributed by atoms with Crippen molar-refractivity contribution < 1.29 is 33.2 Å². The van der Waals surface area contributed by atoms with Crippen LogP contribution in [0.5, 0.6) is 0 Å². The Morgan fingerprint density at radius 2 is 1.50 bits per heavy atom. The maximum atomic E-state index is 14.0. The topological polar surface area (TPSA) is 151 Å². The number of carbonyl (C=O) groups is 4. The predicted octanol–water partition coefficient (Wildman–Crippen LogP) is 3.60. The molecule has 202 valence electrons. The average Bonchev–Trinajstić information content (AvgIpc) is 2.79. The van der Waals surface area contributed by atoms with Gasteiger partial charge in [-0.05, 0) is 44.7 Å². The highest BCUT2D eigenvalue weighted by molar-refractivity contribution is 7.94. The monoisotopic (exact) mass is 525 g/mol. The SMILES string of the molecule is CC[C@H](C)[C@H](NC(=O)CS(=O)(=NC(=O)[C@@H](NC(=O)OC(C)(C)C)[C@@H](C)CC)c1ccccc1)C(=O)O. The Hall–Kier alpha value is -2.95. The summed E-state index contributed by atoms with van der Waals surface area (Å²) < 4.78 is 23.2. The summed E-state index contributed by atoms with van der Waals surface area (Å²) in [6, 6.07) is 5.52. The third kappa shape index (κ3) is 9.60. The molecule has 0 aliphatic carbocycles. The molecule has 0 spiro atoms. The minimum absolute atomic E-state index is 0.143. The van der Waals surface area contributed by atoms with Crippen molar-refractivity contribution in [1.29, 1.82) is 0 Å². The highest BCUT2D eigenvalue weighted by atomic mass is 32.2. The van der Waals surface area contributed by atoms with E-state index in [1.165, 1.54) is 12.1 Å². The first kappa shape index (κ1) is 31.1. The summed E-state index contributed by atoms with van der Waals surface area (Å²) in [7, 11) is -3.65. The Labute approximate surface area is 213 Å². The second kappa shape index (κ2) is 13.4. The van der Waals surface area contributed by atoms with Gasteiger partial charge in [-0.25, -0.2) is 13.8 Å². The average molecular weight is 526 g/mol. The number of aliphatic carboxylic acids is 1. The fourth-order valence-electron chi connectivity index (χ4n) is 3.20. The Kier molecular flexibility index (Phi) is 11.6. The maximum Gasteiger partial charge on any atom is 0.408 e. The molecule has 0 aliphatic rings. The van der Waals surface area contributed by atoms with Crippen LogP contribution in [0.15, 0.2) is 39.6 Å². The molecule has 0 bridgehead atoms. The van der Waals surface area contributed by atoms with Crippen LogP contribution in [0.25, 0.3) is 0 Å². The number of carboxylic acid groups (broad SMARTS) is 1. The summed E-state index contributed by atoms with van der Waals surface area (Å²) in [5.74, 6) is -4.35. The summed E-state index contributed by atoms with van der Waals surface area (Å²) in [6.07, 6.45) is 0.184. The highest BCUT2D eigenvalue weighted by Gasteiger charge is 2.32. The van der Waals surface area contributed by atoms with E-state index >= 15 is 0 Å². The van der Waals surface area contributed by atoms with Crippen molar-refractivity contribution in [3.8, 4) is 0 Å². The van der Waals surface area contributed by atoms with Crippen LogP contribution in [0.2, 0.25) is 0 Å². The van der Waals surface area contributed by atoms with Crippen molar-refractivity contribution in [3.05, 3.63) is 30.3 Å². The zero-order valence-electron chi connectivity index (χ0n) is 22.1. The Morgan fingerprint density at radius 1 is 0.972 bits per heavy atom. The van der Waals surface area contributed by atoms with E-state index in [0.717, 1.165) is 0 Å². The first-order chi connectivity index (χ1) is 16.6. The summed E-state index contributed by atoms with van der Waals surface area (Å²) in [6.45, 7) is 12.1. The molecular weight excluding hydrogens is 486 g/mol. The standard InChI is InChI=1S/C25H39N3O7S/c1-8-16(3)20(27-24(33)35-25(5,6)7)22(30)28-36(34,18-13-11-10-12-14-18)15-19(29)26-21(23(31)32)17(4)9-2/h10-14,16-17,20-21H,8-9,15H2,1-7H3,(H,26,29)(H,27,33)(H,31,32)/t16-,17-,20-,21-,36?/m0/s1. The molecule has 0 aliphatic heterocycles. The lowest BCUT2D eigenvalue weighted by molar-refractivity contribution is -0.143. The van der Waals surface area contributed by atoms with E-state index in [2.05, 4.69) is 15.0 Å². The molecule has 1 unspecified atom stereocenters. The normalized spacial score (nSPS) is 16.4. The Morgan fingerprint density at radius 3 is 1.97 bits per heavy atom. The number of benzene rings is 1. The van der Waals surface area contributed by atoms with Gasteiger partial charge in [0, 0.05) is 4.90 Å². The van der Waals surface area contributed by atoms with Crippen molar-refractivity contribution in [2.24, 2.45) is 16.2 Å². The number of hydrogen-bond acceptors (Lipinski definition) is 6. The molecular formula is C25H39N3O7S. The molecule has 3 amide bonds. The van der Waals surface area contributed by atoms with Gasteiger partial charge in [-0.2, -0.15) is 4.36 Å². The van der Waals surface area contributed by atoms with Crippen molar-refractivity contribution in [3.63, 3.8) is 0 Å².